The van der Waals surface area contributed by atoms with E-state index in [4.69, 9.17) is 0 Å². The molecular weight excluding hydrogens is 253 g/mol. The number of nitrogens with one attached hydrogen (secondary N) is 1. The molecule has 4 aromatic rings. The normalized spacial score (nSPS) is 11.2. The van der Waals surface area contributed by atoms with Gasteiger partial charge in [-0.05, 0) is 29.3 Å². The maximum Gasteiger partial charge on any atom is 0.213 e. The van der Waals surface area contributed by atoms with Crippen molar-refractivity contribution in [2.24, 2.45) is 0 Å². The summed E-state index contributed by atoms with van der Waals surface area (Å²) < 4.78 is 13.2. The molecule has 1 N–H and O–H groups in total. The summed E-state index contributed by atoms with van der Waals surface area (Å²) in [6.45, 7) is 0. The number of aromatic amines is 1. The van der Waals surface area contributed by atoms with Crippen LogP contribution in [0.2, 0.25) is 0 Å². The van der Waals surface area contributed by atoms with E-state index in [1.54, 1.807) is 12.3 Å². The van der Waals surface area contributed by atoms with Crippen LogP contribution in [0, 0.1) is 5.95 Å². The fraction of sp³-hybridized carbons (Fsp3) is 0. The van der Waals surface area contributed by atoms with Gasteiger partial charge in [-0.3, -0.25) is 4.98 Å². The molecule has 0 amide bonds. The molecule has 3 aromatic heterocycles. The summed E-state index contributed by atoms with van der Waals surface area (Å²) in [4.78, 5) is 11.1. The van der Waals surface area contributed by atoms with Crippen LogP contribution in [0.15, 0.2) is 55.0 Å². The van der Waals surface area contributed by atoms with Crippen molar-refractivity contribution in [2.45, 2.75) is 0 Å². The van der Waals surface area contributed by atoms with Crippen LogP contribution >= 0.6 is 0 Å². The van der Waals surface area contributed by atoms with Gasteiger partial charge in [-0.25, -0.2) is 4.98 Å². The molecule has 0 atom stereocenters. The molecule has 0 aliphatic rings. The van der Waals surface area contributed by atoms with Crippen molar-refractivity contribution < 1.29 is 4.39 Å². The highest BCUT2D eigenvalue weighted by Gasteiger charge is 2.06. The molecule has 3 heterocycles. The molecule has 0 spiro atoms. The molecule has 0 saturated heterocycles. The Labute approximate surface area is 114 Å². The zero-order valence-electron chi connectivity index (χ0n) is 10.5. The number of pyridine rings is 2. The number of hydrogen-bond donors (Lipinski definition) is 1. The minimum atomic E-state index is -0.469. The summed E-state index contributed by atoms with van der Waals surface area (Å²) >= 11 is 0. The standard InChI is InChI=1S/C16H10FN3/c17-16-8-11(3-6-19-16)10-1-2-12-13-9-18-5-4-14(13)20-15(12)7-10/h1-9,20H. The molecule has 0 aliphatic carbocycles. The van der Waals surface area contributed by atoms with Gasteiger partial charge in [0.25, 0.3) is 0 Å². The summed E-state index contributed by atoms with van der Waals surface area (Å²) in [6, 6.07) is 11.2. The van der Waals surface area contributed by atoms with E-state index in [0.717, 1.165) is 32.9 Å². The Morgan fingerprint density at radius 1 is 0.850 bits per heavy atom. The van der Waals surface area contributed by atoms with Gasteiger partial charge in [0.2, 0.25) is 5.95 Å². The monoisotopic (exact) mass is 263 g/mol. The highest BCUT2D eigenvalue weighted by atomic mass is 19.1. The second-order valence-corrected chi connectivity index (χ2v) is 4.67. The maximum atomic E-state index is 13.2. The summed E-state index contributed by atoms with van der Waals surface area (Å²) in [5.74, 6) is -0.469. The van der Waals surface area contributed by atoms with E-state index < -0.39 is 5.95 Å². The summed E-state index contributed by atoms with van der Waals surface area (Å²) in [5.41, 5.74) is 3.84. The molecule has 4 heteroatoms. The van der Waals surface area contributed by atoms with Crippen molar-refractivity contribution in [3.8, 4) is 11.1 Å². The molecule has 0 unspecified atom stereocenters. The van der Waals surface area contributed by atoms with Crippen molar-refractivity contribution in [1.82, 2.24) is 15.0 Å². The third-order valence-electron chi connectivity index (χ3n) is 3.46. The van der Waals surface area contributed by atoms with Crippen LogP contribution in [-0.4, -0.2) is 15.0 Å². The number of aromatic nitrogens is 3. The van der Waals surface area contributed by atoms with Gasteiger partial charge in [0.05, 0.1) is 0 Å². The third-order valence-corrected chi connectivity index (χ3v) is 3.46. The molecule has 0 fully saturated rings. The molecule has 0 radical (unpaired) electrons. The fourth-order valence-electron chi connectivity index (χ4n) is 2.51. The van der Waals surface area contributed by atoms with Crippen molar-refractivity contribution >= 4 is 21.8 Å². The fourth-order valence-corrected chi connectivity index (χ4v) is 2.51. The Morgan fingerprint density at radius 2 is 1.75 bits per heavy atom. The Kier molecular flexibility index (Phi) is 2.29. The maximum absolute atomic E-state index is 13.2. The Morgan fingerprint density at radius 3 is 2.65 bits per heavy atom. The summed E-state index contributed by atoms with van der Waals surface area (Å²) in [5, 5.41) is 2.21. The minimum absolute atomic E-state index is 0.469. The van der Waals surface area contributed by atoms with Crippen LogP contribution in [0.1, 0.15) is 0 Å². The number of fused-ring (bicyclic) bond motifs is 3. The van der Waals surface area contributed by atoms with Crippen molar-refractivity contribution in [3.05, 3.63) is 60.9 Å². The zero-order chi connectivity index (χ0) is 13.5. The average molecular weight is 263 g/mol. The van der Waals surface area contributed by atoms with Crippen molar-refractivity contribution in [2.75, 3.05) is 0 Å². The van der Waals surface area contributed by atoms with E-state index in [9.17, 15) is 4.39 Å². The lowest BCUT2D eigenvalue weighted by Crippen LogP contribution is -1.83. The van der Waals surface area contributed by atoms with Crippen LogP contribution in [0.3, 0.4) is 0 Å². The number of hydrogen-bond acceptors (Lipinski definition) is 2. The lowest BCUT2D eigenvalue weighted by molar-refractivity contribution is 0.584. The molecular formula is C16H10FN3. The topological polar surface area (TPSA) is 41.6 Å². The molecule has 0 aliphatic heterocycles. The predicted molar refractivity (Wildman–Crippen MR) is 76.8 cm³/mol. The van der Waals surface area contributed by atoms with Gasteiger partial charge < -0.3 is 4.98 Å². The predicted octanol–water partition coefficient (Wildman–Crippen LogP) is 3.92. The quantitative estimate of drug-likeness (QED) is 0.529. The summed E-state index contributed by atoms with van der Waals surface area (Å²) in [6.07, 6.45) is 5.08. The number of rotatable bonds is 1. The first kappa shape index (κ1) is 11.1. The number of H-pyrrole nitrogens is 1. The SMILES string of the molecule is Fc1cc(-c2ccc3c(c2)[nH]c2ccncc23)ccn1. The summed E-state index contributed by atoms with van der Waals surface area (Å²) in [7, 11) is 0. The highest BCUT2D eigenvalue weighted by Crippen LogP contribution is 2.29. The largest absolute Gasteiger partial charge is 0.354 e. The van der Waals surface area contributed by atoms with E-state index >= 15 is 0 Å². The van der Waals surface area contributed by atoms with Gasteiger partial charge in [-0.2, -0.15) is 4.39 Å². The average Bonchev–Trinajstić information content (AvgIpc) is 2.85. The van der Waals surface area contributed by atoms with Crippen LogP contribution in [-0.2, 0) is 0 Å². The number of nitrogens with zero attached hydrogens (tertiary/aromatic N) is 2. The molecule has 0 bridgehead atoms. The van der Waals surface area contributed by atoms with Gasteiger partial charge in [0, 0.05) is 46.5 Å². The molecule has 3 nitrogen and oxygen atoms in total. The second kappa shape index (κ2) is 4.13. The molecule has 20 heavy (non-hydrogen) atoms. The van der Waals surface area contributed by atoms with Gasteiger partial charge in [0.15, 0.2) is 0 Å². The molecule has 1 aromatic carbocycles. The minimum Gasteiger partial charge on any atom is -0.354 e. The van der Waals surface area contributed by atoms with E-state index in [0.29, 0.717) is 0 Å². The Balaban J connectivity index is 1.97. The number of halogens is 1. The van der Waals surface area contributed by atoms with E-state index in [1.807, 2.05) is 30.5 Å². The van der Waals surface area contributed by atoms with E-state index in [-0.39, 0.29) is 0 Å². The van der Waals surface area contributed by atoms with Crippen LogP contribution in [0.4, 0.5) is 4.39 Å². The third kappa shape index (κ3) is 1.66. The number of benzene rings is 1. The lowest BCUT2D eigenvalue weighted by atomic mass is 10.0. The molecule has 4 rings (SSSR count). The second-order valence-electron chi connectivity index (χ2n) is 4.67. The van der Waals surface area contributed by atoms with Crippen LogP contribution in [0.25, 0.3) is 32.9 Å². The van der Waals surface area contributed by atoms with Gasteiger partial charge >= 0.3 is 0 Å². The van der Waals surface area contributed by atoms with E-state index in [1.165, 1.54) is 12.3 Å². The molecule has 0 saturated carbocycles. The highest BCUT2D eigenvalue weighted by molar-refractivity contribution is 6.07. The zero-order valence-corrected chi connectivity index (χ0v) is 10.5. The Bertz CT molecular complexity index is 927. The van der Waals surface area contributed by atoms with Gasteiger partial charge in [-0.1, -0.05) is 12.1 Å². The first-order valence-electron chi connectivity index (χ1n) is 6.29. The van der Waals surface area contributed by atoms with Crippen molar-refractivity contribution in [3.63, 3.8) is 0 Å². The lowest BCUT2D eigenvalue weighted by Gasteiger charge is -2.01. The van der Waals surface area contributed by atoms with E-state index in [2.05, 4.69) is 15.0 Å². The van der Waals surface area contributed by atoms with Crippen LogP contribution < -0.4 is 0 Å². The van der Waals surface area contributed by atoms with Gasteiger partial charge in [0.1, 0.15) is 0 Å². The molecule has 96 valence electrons. The first-order chi connectivity index (χ1) is 9.81. The van der Waals surface area contributed by atoms with Crippen molar-refractivity contribution in [1.29, 1.82) is 0 Å². The smallest absolute Gasteiger partial charge is 0.213 e. The van der Waals surface area contributed by atoms with Crippen LogP contribution in [0.5, 0.6) is 0 Å². The first-order valence-corrected chi connectivity index (χ1v) is 6.29. The Hall–Kier alpha value is -2.75. The van der Waals surface area contributed by atoms with Gasteiger partial charge in [-0.15, -0.1) is 0 Å².